The van der Waals surface area contributed by atoms with E-state index in [1.807, 2.05) is 39.0 Å². The van der Waals surface area contributed by atoms with Crippen molar-refractivity contribution < 1.29 is 24.2 Å². The van der Waals surface area contributed by atoms with Gasteiger partial charge >= 0.3 is 5.97 Å². The molecule has 0 bridgehead atoms. The molecule has 0 unspecified atom stereocenters. The number of benzene rings is 2. The molecule has 0 aromatic heterocycles. The Morgan fingerprint density at radius 3 is 2.50 bits per heavy atom. The maximum atomic E-state index is 12.3. The number of anilines is 1. The van der Waals surface area contributed by atoms with Gasteiger partial charge in [0.15, 0.2) is 6.61 Å². The van der Waals surface area contributed by atoms with E-state index in [1.54, 1.807) is 6.07 Å². The lowest BCUT2D eigenvalue weighted by molar-refractivity contribution is -0.118. The molecule has 0 radical (unpaired) electrons. The number of carbonyl (C=O) groups excluding carboxylic acids is 1. The highest BCUT2D eigenvalue weighted by Crippen LogP contribution is 2.26. The van der Waals surface area contributed by atoms with Crippen LogP contribution < -0.4 is 14.8 Å². The van der Waals surface area contributed by atoms with Gasteiger partial charge in [0.05, 0.1) is 17.9 Å². The molecule has 2 N–H and O–H groups in total. The highest BCUT2D eigenvalue weighted by molar-refractivity contribution is 5.96. The summed E-state index contributed by atoms with van der Waals surface area (Å²) in [5.74, 6) is -0.400. The summed E-state index contributed by atoms with van der Waals surface area (Å²) in [5, 5.41) is 11.8. The second-order valence-corrected chi connectivity index (χ2v) is 5.97. The number of hydrogen-bond donors (Lipinski definition) is 2. The standard InChI is InChI=1S/C20H23NO5/c1-4-9-25-17-8-7-15(20(23)24)11-16(17)21-19(22)12-26-18-10-13(2)5-6-14(18)3/h5-8,10-11H,4,9,12H2,1-3H3,(H,21,22)(H,23,24). The third-order valence-corrected chi connectivity index (χ3v) is 3.66. The van der Waals surface area contributed by atoms with Crippen molar-refractivity contribution in [3.8, 4) is 11.5 Å². The van der Waals surface area contributed by atoms with Crippen molar-refractivity contribution in [3.63, 3.8) is 0 Å². The Kier molecular flexibility index (Phi) is 6.60. The monoisotopic (exact) mass is 357 g/mol. The van der Waals surface area contributed by atoms with E-state index >= 15 is 0 Å². The first-order valence-electron chi connectivity index (χ1n) is 8.40. The fourth-order valence-corrected chi connectivity index (χ4v) is 2.29. The number of nitrogens with one attached hydrogen (secondary N) is 1. The number of aromatic carboxylic acids is 1. The van der Waals surface area contributed by atoms with E-state index in [0.717, 1.165) is 17.5 Å². The molecule has 2 aromatic carbocycles. The van der Waals surface area contributed by atoms with E-state index in [9.17, 15) is 9.59 Å². The SMILES string of the molecule is CCCOc1ccc(C(=O)O)cc1NC(=O)COc1cc(C)ccc1C. The highest BCUT2D eigenvalue weighted by Gasteiger charge is 2.13. The van der Waals surface area contributed by atoms with Crippen LogP contribution in [0.4, 0.5) is 5.69 Å². The number of carboxylic acids is 1. The Labute approximate surface area is 152 Å². The molecule has 0 aliphatic carbocycles. The van der Waals surface area contributed by atoms with Crippen LogP contribution >= 0.6 is 0 Å². The maximum absolute atomic E-state index is 12.3. The van der Waals surface area contributed by atoms with Crippen molar-refractivity contribution in [2.75, 3.05) is 18.5 Å². The van der Waals surface area contributed by atoms with Gasteiger partial charge in [-0.05, 0) is 55.7 Å². The lowest BCUT2D eigenvalue weighted by Crippen LogP contribution is -2.21. The lowest BCUT2D eigenvalue weighted by Gasteiger charge is -2.14. The molecule has 0 saturated carbocycles. The molecule has 2 rings (SSSR count). The summed E-state index contributed by atoms with van der Waals surface area (Å²) in [5.41, 5.74) is 2.35. The molecule has 0 heterocycles. The van der Waals surface area contributed by atoms with Gasteiger partial charge in [0.25, 0.3) is 5.91 Å². The second kappa shape index (κ2) is 8.89. The summed E-state index contributed by atoms with van der Waals surface area (Å²) in [6, 6.07) is 10.1. The molecule has 0 saturated heterocycles. The summed E-state index contributed by atoms with van der Waals surface area (Å²) < 4.78 is 11.2. The molecule has 0 atom stereocenters. The van der Waals surface area contributed by atoms with Crippen molar-refractivity contribution in [1.82, 2.24) is 0 Å². The van der Waals surface area contributed by atoms with Crippen LogP contribution in [0.3, 0.4) is 0 Å². The summed E-state index contributed by atoms with van der Waals surface area (Å²) in [7, 11) is 0. The average Bonchev–Trinajstić information content (AvgIpc) is 2.61. The first kappa shape index (κ1) is 19.3. The fraction of sp³-hybridized carbons (Fsp3) is 0.300. The van der Waals surface area contributed by atoms with Crippen LogP contribution in [0.5, 0.6) is 11.5 Å². The van der Waals surface area contributed by atoms with Gasteiger partial charge in [-0.2, -0.15) is 0 Å². The molecule has 138 valence electrons. The molecule has 26 heavy (non-hydrogen) atoms. The molecule has 2 aromatic rings. The van der Waals surface area contributed by atoms with Crippen molar-refractivity contribution in [2.45, 2.75) is 27.2 Å². The number of carbonyl (C=O) groups is 2. The zero-order chi connectivity index (χ0) is 19.1. The summed E-state index contributed by atoms with van der Waals surface area (Å²) in [4.78, 5) is 23.4. The Bertz CT molecular complexity index is 801. The van der Waals surface area contributed by atoms with Gasteiger partial charge in [-0.1, -0.05) is 19.1 Å². The minimum absolute atomic E-state index is 0.0691. The first-order chi connectivity index (χ1) is 12.4. The fourth-order valence-electron chi connectivity index (χ4n) is 2.29. The number of ether oxygens (including phenoxy) is 2. The van der Waals surface area contributed by atoms with Gasteiger partial charge in [-0.25, -0.2) is 4.79 Å². The first-order valence-corrected chi connectivity index (χ1v) is 8.40. The van der Waals surface area contributed by atoms with E-state index in [0.29, 0.717) is 23.8 Å². The molecule has 0 aliphatic rings. The summed E-state index contributed by atoms with van der Waals surface area (Å²) >= 11 is 0. The van der Waals surface area contributed by atoms with E-state index in [2.05, 4.69) is 5.32 Å². The topological polar surface area (TPSA) is 84.9 Å². The van der Waals surface area contributed by atoms with E-state index in [1.165, 1.54) is 12.1 Å². The van der Waals surface area contributed by atoms with Crippen LogP contribution in [0.2, 0.25) is 0 Å². The zero-order valence-electron chi connectivity index (χ0n) is 15.2. The third-order valence-electron chi connectivity index (χ3n) is 3.66. The number of amides is 1. The average molecular weight is 357 g/mol. The Hall–Kier alpha value is -3.02. The van der Waals surface area contributed by atoms with Gasteiger partial charge < -0.3 is 19.9 Å². The number of rotatable bonds is 8. The predicted molar refractivity (Wildman–Crippen MR) is 99.2 cm³/mol. The van der Waals surface area contributed by atoms with Crippen molar-refractivity contribution in [2.24, 2.45) is 0 Å². The van der Waals surface area contributed by atoms with Crippen LogP contribution in [-0.2, 0) is 4.79 Å². The van der Waals surface area contributed by atoms with Crippen LogP contribution in [0, 0.1) is 13.8 Å². The molecule has 0 aliphatic heterocycles. The second-order valence-electron chi connectivity index (χ2n) is 5.97. The largest absolute Gasteiger partial charge is 0.491 e. The summed E-state index contributed by atoms with van der Waals surface area (Å²) in [6.45, 7) is 6.09. The molecule has 0 fully saturated rings. The normalized spacial score (nSPS) is 10.3. The smallest absolute Gasteiger partial charge is 0.335 e. The maximum Gasteiger partial charge on any atom is 0.335 e. The molecular formula is C20H23NO5. The van der Waals surface area contributed by atoms with Crippen LogP contribution in [0.15, 0.2) is 36.4 Å². The lowest BCUT2D eigenvalue weighted by atomic mass is 10.1. The number of aryl methyl sites for hydroxylation is 2. The number of hydrogen-bond acceptors (Lipinski definition) is 4. The van der Waals surface area contributed by atoms with Crippen molar-refractivity contribution in [3.05, 3.63) is 53.1 Å². The van der Waals surface area contributed by atoms with Crippen LogP contribution in [-0.4, -0.2) is 30.2 Å². The molecule has 6 heteroatoms. The van der Waals surface area contributed by atoms with Crippen LogP contribution in [0.1, 0.15) is 34.8 Å². The Balaban J connectivity index is 2.09. The number of carboxylic acid groups (broad SMARTS) is 1. The molecular weight excluding hydrogens is 334 g/mol. The van der Waals surface area contributed by atoms with Gasteiger partial charge in [0.2, 0.25) is 0 Å². The van der Waals surface area contributed by atoms with Crippen molar-refractivity contribution >= 4 is 17.6 Å². The Morgan fingerprint density at radius 2 is 1.81 bits per heavy atom. The quantitative estimate of drug-likeness (QED) is 0.750. The third kappa shape index (κ3) is 5.24. The van der Waals surface area contributed by atoms with E-state index in [-0.39, 0.29) is 12.2 Å². The van der Waals surface area contributed by atoms with Crippen molar-refractivity contribution in [1.29, 1.82) is 0 Å². The van der Waals surface area contributed by atoms with Gasteiger partial charge in [-0.15, -0.1) is 0 Å². The Morgan fingerprint density at radius 1 is 1.04 bits per heavy atom. The predicted octanol–water partition coefficient (Wildman–Crippen LogP) is 3.81. The minimum Gasteiger partial charge on any atom is -0.491 e. The molecule has 6 nitrogen and oxygen atoms in total. The molecule has 1 amide bonds. The van der Waals surface area contributed by atoms with E-state index in [4.69, 9.17) is 14.6 Å². The van der Waals surface area contributed by atoms with Gasteiger partial charge in [0.1, 0.15) is 11.5 Å². The van der Waals surface area contributed by atoms with Crippen LogP contribution in [0.25, 0.3) is 0 Å². The minimum atomic E-state index is -1.07. The van der Waals surface area contributed by atoms with Gasteiger partial charge in [-0.3, -0.25) is 4.79 Å². The molecule has 0 spiro atoms. The van der Waals surface area contributed by atoms with E-state index < -0.39 is 11.9 Å². The van der Waals surface area contributed by atoms with Gasteiger partial charge in [0, 0.05) is 0 Å². The summed E-state index contributed by atoms with van der Waals surface area (Å²) in [6.07, 6.45) is 0.795. The zero-order valence-corrected chi connectivity index (χ0v) is 15.2. The highest BCUT2D eigenvalue weighted by atomic mass is 16.5.